The molecule has 5 rings (SSSR count). The summed E-state index contributed by atoms with van der Waals surface area (Å²) in [5.41, 5.74) is 4.19. The maximum atomic E-state index is 13.7. The number of aromatic hydroxyl groups is 1. The number of aliphatic hydroxyl groups excluding tert-OH is 2. The number of benzene rings is 2. The minimum atomic E-state index is -0.939. The number of hydrogen-bond donors (Lipinski definition) is 4. The topological polar surface area (TPSA) is 148 Å². The molecule has 1 aliphatic heterocycles. The van der Waals surface area contributed by atoms with Gasteiger partial charge in [-0.3, -0.25) is 24.3 Å². The fourth-order valence-corrected chi connectivity index (χ4v) is 7.40. The Labute approximate surface area is 275 Å². The largest absolute Gasteiger partial charge is 0.507 e. The second-order valence-corrected chi connectivity index (χ2v) is 12.6. The van der Waals surface area contributed by atoms with Crippen LogP contribution in [-0.2, 0) is 14.4 Å². The summed E-state index contributed by atoms with van der Waals surface area (Å²) in [6.07, 6.45) is 7.08. The van der Waals surface area contributed by atoms with Gasteiger partial charge in [-0.05, 0) is 84.9 Å². The van der Waals surface area contributed by atoms with Crippen molar-refractivity contribution in [2.75, 3.05) is 13.2 Å². The molecule has 2 amide bonds. The molecule has 0 radical (unpaired) electrons. The van der Waals surface area contributed by atoms with Gasteiger partial charge in [0.15, 0.2) is 0 Å². The Morgan fingerprint density at radius 2 is 1.77 bits per heavy atom. The molecule has 9 nitrogen and oxygen atoms in total. The molecule has 47 heavy (non-hydrogen) atoms. The molecule has 1 fully saturated rings. The molecule has 1 saturated heterocycles. The zero-order valence-electron chi connectivity index (χ0n) is 26.8. The highest BCUT2D eigenvalue weighted by Crippen LogP contribution is 2.47. The van der Waals surface area contributed by atoms with Gasteiger partial charge in [0.1, 0.15) is 5.75 Å². The van der Waals surface area contributed by atoms with Gasteiger partial charge in [0.05, 0.1) is 30.2 Å². The Kier molecular flexibility index (Phi) is 11.2. The number of aromatic nitrogens is 1. The van der Waals surface area contributed by atoms with Crippen LogP contribution in [0.15, 0.2) is 71.9 Å². The quantitative estimate of drug-likeness (QED) is 0.0901. The molecule has 248 valence electrons. The van der Waals surface area contributed by atoms with Gasteiger partial charge in [-0.1, -0.05) is 61.7 Å². The van der Waals surface area contributed by atoms with Gasteiger partial charge in [-0.15, -0.1) is 0 Å². The standard InChI is InChI=1S/C38H44N2O7/c1-2-10-26-22-29-36(38(47)40(37(29)46)20-9-3-4-14-34(44)45)30(23-41)35(26)33(43)18-16-25(31-13-7-8-19-39-31)21-24-15-17-32(42)28-12-6-5-11-27(24)28/h5-8,11-13,15,17,19,21,29-30,33,36,41-43H,2-4,9-10,14,16,18,20,22-23H2,1H3,(H,44,45)/b25-21-/t29-,30+,33-,36-/m1/s1. The lowest BCUT2D eigenvalue weighted by Crippen LogP contribution is -2.39. The monoisotopic (exact) mass is 640 g/mol. The average molecular weight is 641 g/mol. The van der Waals surface area contributed by atoms with Crippen molar-refractivity contribution >= 4 is 40.2 Å². The second-order valence-electron chi connectivity index (χ2n) is 12.6. The van der Waals surface area contributed by atoms with E-state index in [1.54, 1.807) is 12.3 Å². The van der Waals surface area contributed by atoms with E-state index in [1.807, 2.05) is 61.5 Å². The molecule has 1 aliphatic carbocycles. The number of aliphatic carboxylic acids is 1. The van der Waals surface area contributed by atoms with Crippen molar-refractivity contribution < 1.29 is 34.8 Å². The molecule has 0 saturated carbocycles. The van der Waals surface area contributed by atoms with Crippen LogP contribution in [0.25, 0.3) is 22.4 Å². The molecule has 9 heteroatoms. The van der Waals surface area contributed by atoms with Crippen LogP contribution in [0, 0.1) is 17.8 Å². The highest BCUT2D eigenvalue weighted by Gasteiger charge is 2.54. The highest BCUT2D eigenvalue weighted by atomic mass is 16.4. The molecule has 0 unspecified atom stereocenters. The minimum absolute atomic E-state index is 0.0496. The van der Waals surface area contributed by atoms with Crippen LogP contribution in [0.1, 0.15) is 76.0 Å². The fourth-order valence-electron chi connectivity index (χ4n) is 7.40. The van der Waals surface area contributed by atoms with Crippen molar-refractivity contribution in [3.8, 4) is 5.75 Å². The number of amides is 2. The van der Waals surface area contributed by atoms with Crippen molar-refractivity contribution in [3.05, 3.63) is 83.2 Å². The Bertz CT molecular complexity index is 1670. The Morgan fingerprint density at radius 1 is 1.00 bits per heavy atom. The Balaban J connectivity index is 1.40. The van der Waals surface area contributed by atoms with E-state index in [9.17, 15) is 29.7 Å². The maximum absolute atomic E-state index is 13.7. The lowest BCUT2D eigenvalue weighted by molar-refractivity contribution is -0.141. The van der Waals surface area contributed by atoms with Gasteiger partial charge >= 0.3 is 5.97 Å². The van der Waals surface area contributed by atoms with Crippen molar-refractivity contribution in [2.45, 2.75) is 70.8 Å². The van der Waals surface area contributed by atoms with Gasteiger partial charge in [0.25, 0.3) is 0 Å². The Hall–Kier alpha value is -4.34. The third-order valence-electron chi connectivity index (χ3n) is 9.60. The van der Waals surface area contributed by atoms with E-state index < -0.39 is 29.8 Å². The number of phenolic OH excluding ortho intramolecular Hbond substituents is 1. The number of carbonyl (C=O) groups is 3. The van der Waals surface area contributed by atoms with E-state index in [0.29, 0.717) is 50.5 Å². The number of nitrogens with zero attached hydrogens (tertiary/aromatic N) is 2. The summed E-state index contributed by atoms with van der Waals surface area (Å²) < 4.78 is 0. The zero-order chi connectivity index (χ0) is 33.5. The lowest BCUT2D eigenvalue weighted by Gasteiger charge is -2.36. The van der Waals surface area contributed by atoms with Crippen LogP contribution >= 0.6 is 0 Å². The van der Waals surface area contributed by atoms with Gasteiger partial charge in [-0.25, -0.2) is 0 Å². The first-order valence-electron chi connectivity index (χ1n) is 16.7. The average Bonchev–Trinajstić information content (AvgIpc) is 3.31. The molecule has 4 atom stereocenters. The van der Waals surface area contributed by atoms with Crippen molar-refractivity contribution in [1.29, 1.82) is 0 Å². The predicted octanol–water partition coefficient (Wildman–Crippen LogP) is 5.98. The van der Waals surface area contributed by atoms with Crippen LogP contribution in [0.5, 0.6) is 5.75 Å². The van der Waals surface area contributed by atoms with E-state index in [1.165, 1.54) is 4.90 Å². The van der Waals surface area contributed by atoms with Crippen molar-refractivity contribution in [1.82, 2.24) is 9.88 Å². The minimum Gasteiger partial charge on any atom is -0.507 e. The summed E-state index contributed by atoms with van der Waals surface area (Å²) in [5, 5.41) is 43.5. The summed E-state index contributed by atoms with van der Waals surface area (Å²) in [6, 6.07) is 16.8. The van der Waals surface area contributed by atoms with Crippen LogP contribution in [0.4, 0.5) is 0 Å². The van der Waals surface area contributed by atoms with E-state index in [0.717, 1.165) is 39.6 Å². The third kappa shape index (κ3) is 7.47. The van der Waals surface area contributed by atoms with Crippen LogP contribution in [0.3, 0.4) is 0 Å². The number of imide groups is 1. The molecule has 3 aromatic rings. The van der Waals surface area contributed by atoms with E-state index >= 15 is 0 Å². The maximum Gasteiger partial charge on any atom is 0.303 e. The number of carboxylic acid groups (broad SMARTS) is 1. The number of pyridine rings is 1. The summed E-state index contributed by atoms with van der Waals surface area (Å²) in [7, 11) is 0. The number of unbranched alkanes of at least 4 members (excludes halogenated alkanes) is 2. The first-order valence-corrected chi connectivity index (χ1v) is 16.7. The smallest absolute Gasteiger partial charge is 0.303 e. The predicted molar refractivity (Wildman–Crippen MR) is 180 cm³/mol. The molecular formula is C38H44N2O7. The number of carboxylic acids is 1. The van der Waals surface area contributed by atoms with Gasteiger partial charge < -0.3 is 20.4 Å². The summed E-state index contributed by atoms with van der Waals surface area (Å²) in [5.74, 6) is -3.18. The first-order chi connectivity index (χ1) is 22.7. The molecule has 2 aromatic carbocycles. The lowest BCUT2D eigenvalue weighted by atomic mass is 9.67. The van der Waals surface area contributed by atoms with E-state index in [2.05, 4.69) is 4.98 Å². The van der Waals surface area contributed by atoms with Crippen molar-refractivity contribution in [3.63, 3.8) is 0 Å². The highest BCUT2D eigenvalue weighted by molar-refractivity contribution is 6.06. The molecule has 2 heterocycles. The molecule has 1 aromatic heterocycles. The fraction of sp³-hybridized carbons (Fsp3) is 0.421. The first kappa shape index (κ1) is 34.0. The van der Waals surface area contributed by atoms with Crippen LogP contribution in [-0.4, -0.2) is 67.3 Å². The zero-order valence-corrected chi connectivity index (χ0v) is 26.8. The third-order valence-corrected chi connectivity index (χ3v) is 9.60. The summed E-state index contributed by atoms with van der Waals surface area (Å²) >= 11 is 0. The number of hydrogen-bond acceptors (Lipinski definition) is 7. The summed E-state index contributed by atoms with van der Waals surface area (Å²) in [4.78, 5) is 43.9. The Morgan fingerprint density at radius 3 is 2.47 bits per heavy atom. The van der Waals surface area contributed by atoms with E-state index in [-0.39, 0.29) is 37.1 Å². The molecule has 2 aliphatic rings. The molecule has 0 spiro atoms. The second kappa shape index (κ2) is 15.5. The van der Waals surface area contributed by atoms with Gasteiger partial charge in [-0.2, -0.15) is 0 Å². The number of rotatable bonds is 15. The van der Waals surface area contributed by atoms with Crippen LogP contribution < -0.4 is 0 Å². The van der Waals surface area contributed by atoms with Crippen molar-refractivity contribution in [2.24, 2.45) is 17.8 Å². The number of allylic oxidation sites excluding steroid dienone is 2. The van der Waals surface area contributed by atoms with Gasteiger partial charge in [0.2, 0.25) is 11.8 Å². The SMILES string of the molecule is CCCC1=C([C@H](O)CC/C(=C/c2ccc(O)c3ccccc23)c2ccccn2)[C@H](CO)[C@@H]2C(=O)N(CCCCCC(=O)O)C(=O)[C@@H]2C1. The molecule has 0 bridgehead atoms. The normalized spacial score (nSPS) is 20.6. The number of likely N-dealkylation sites (tertiary alicyclic amines) is 1. The number of phenols is 1. The number of fused-ring (bicyclic) bond motifs is 2. The van der Waals surface area contributed by atoms with E-state index in [4.69, 9.17) is 5.11 Å². The molecule has 4 N–H and O–H groups in total. The number of aliphatic hydroxyl groups is 2. The number of carbonyl (C=O) groups excluding carboxylic acids is 2. The summed E-state index contributed by atoms with van der Waals surface area (Å²) in [6.45, 7) is 1.91. The van der Waals surface area contributed by atoms with Crippen LogP contribution in [0.2, 0.25) is 0 Å². The molecular weight excluding hydrogens is 596 g/mol. The van der Waals surface area contributed by atoms with Gasteiger partial charge in [0, 0.05) is 30.5 Å².